The van der Waals surface area contributed by atoms with Crippen LogP contribution in [0.15, 0.2) is 44.7 Å². The van der Waals surface area contributed by atoms with Crippen molar-refractivity contribution in [1.29, 1.82) is 0 Å². The number of likely N-dealkylation sites (N-methyl/N-ethyl adjacent to an activating group) is 2. The highest BCUT2D eigenvalue weighted by atomic mass is 16.5. The van der Waals surface area contributed by atoms with Gasteiger partial charge in [0.05, 0.1) is 33.5 Å². The molecule has 2 aromatic carbocycles. The zero-order valence-corrected chi connectivity index (χ0v) is 20.5. The summed E-state index contributed by atoms with van der Waals surface area (Å²) in [7, 11) is 3.84. The van der Waals surface area contributed by atoms with Crippen molar-refractivity contribution in [2.75, 3.05) is 40.3 Å². The van der Waals surface area contributed by atoms with Crippen LogP contribution in [0.2, 0.25) is 0 Å². The Labute approximate surface area is 214 Å². The number of ether oxygens (including phenoxy) is 1. The molecule has 0 saturated carbocycles. The van der Waals surface area contributed by atoms with Crippen molar-refractivity contribution < 1.29 is 34.4 Å². The van der Waals surface area contributed by atoms with Crippen molar-refractivity contribution in [2.24, 2.45) is 0 Å². The molecule has 3 heterocycles. The molecule has 1 fully saturated rings. The topological polar surface area (TPSA) is 177 Å². The van der Waals surface area contributed by atoms with Crippen molar-refractivity contribution >= 4 is 27.8 Å². The van der Waals surface area contributed by atoms with E-state index in [1.54, 1.807) is 0 Å². The number of carbonyl (C=O) groups is 1. The quantitative estimate of drug-likeness (QED) is 0.194. The molecule has 0 amide bonds. The van der Waals surface area contributed by atoms with Crippen molar-refractivity contribution in [3.63, 3.8) is 0 Å². The van der Waals surface area contributed by atoms with Crippen LogP contribution < -0.4 is 10.9 Å². The fourth-order valence-corrected chi connectivity index (χ4v) is 4.62. The number of esters is 1. The predicted molar refractivity (Wildman–Crippen MR) is 137 cm³/mol. The maximum atomic E-state index is 13.6. The number of fused-ring (bicyclic) bond motifs is 2. The second-order valence-corrected chi connectivity index (χ2v) is 9.38. The number of hydrogen-bond donors (Lipinski definition) is 5. The normalized spacial score (nSPS) is 16.7. The maximum absolute atomic E-state index is 13.6. The summed E-state index contributed by atoms with van der Waals surface area (Å²) in [5.74, 6) is -3.54. The minimum Gasteiger partial charge on any atom is -0.504 e. The van der Waals surface area contributed by atoms with Crippen LogP contribution in [0.1, 0.15) is 10.4 Å². The van der Waals surface area contributed by atoms with Crippen LogP contribution in [0.3, 0.4) is 0 Å². The number of hydrogen-bond acceptors (Lipinski definition) is 11. The lowest BCUT2D eigenvalue weighted by Crippen LogP contribution is -2.52. The summed E-state index contributed by atoms with van der Waals surface area (Å²) in [5, 5.41) is 39.9. The lowest BCUT2D eigenvalue weighted by Gasteiger charge is -2.37. The Morgan fingerprint density at radius 3 is 2.53 bits per heavy atom. The average Bonchev–Trinajstić information content (AvgIpc) is 2.88. The minimum absolute atomic E-state index is 0.00736. The van der Waals surface area contributed by atoms with Crippen LogP contribution >= 0.6 is 0 Å². The largest absolute Gasteiger partial charge is 0.504 e. The van der Waals surface area contributed by atoms with Gasteiger partial charge in [0.25, 0.3) is 0 Å². The van der Waals surface area contributed by atoms with Gasteiger partial charge in [-0.2, -0.15) is 0 Å². The molecule has 0 bridgehead atoms. The zero-order valence-electron chi connectivity index (χ0n) is 20.5. The molecule has 5 N–H and O–H groups in total. The second-order valence-electron chi connectivity index (χ2n) is 9.38. The number of nitrogens with zero attached hydrogens (tertiary/aromatic N) is 2. The first kappa shape index (κ1) is 25.1. The molecule has 12 heteroatoms. The monoisotopic (exact) mass is 523 g/mol. The van der Waals surface area contributed by atoms with Gasteiger partial charge in [0, 0.05) is 38.0 Å². The Bertz CT molecular complexity index is 1710. The molecule has 1 aliphatic heterocycles. The molecule has 12 nitrogen and oxygen atoms in total. The number of rotatable bonds is 4. The van der Waals surface area contributed by atoms with Gasteiger partial charge in [0.1, 0.15) is 24.0 Å². The van der Waals surface area contributed by atoms with Crippen molar-refractivity contribution in [2.45, 2.75) is 6.04 Å². The van der Waals surface area contributed by atoms with Crippen LogP contribution in [0.4, 0.5) is 0 Å². The fourth-order valence-electron chi connectivity index (χ4n) is 4.62. The number of carbonyl (C=O) groups excluding carboxylic acids is 1. The number of aromatic amines is 1. The lowest BCUT2D eigenvalue weighted by atomic mass is 10.0. The average molecular weight is 523 g/mol. The first-order chi connectivity index (χ1) is 18.1. The van der Waals surface area contributed by atoms with Gasteiger partial charge in [-0.05, 0) is 20.2 Å². The number of phenolic OH excluding ortho intramolecular Hbond substituents is 4. The molecule has 1 aliphatic rings. The number of piperazine rings is 1. The zero-order chi connectivity index (χ0) is 27.3. The van der Waals surface area contributed by atoms with E-state index in [9.17, 15) is 34.8 Å². The van der Waals surface area contributed by atoms with E-state index in [1.807, 2.05) is 19.0 Å². The van der Waals surface area contributed by atoms with Gasteiger partial charge in [0.2, 0.25) is 5.43 Å². The van der Waals surface area contributed by atoms with Crippen molar-refractivity contribution in [3.05, 3.63) is 56.7 Å². The van der Waals surface area contributed by atoms with Crippen LogP contribution in [-0.2, 0) is 4.74 Å². The number of H-pyrrole nitrogens is 1. The number of benzene rings is 2. The Hall–Kier alpha value is -4.55. The number of aromatic nitrogens is 1. The fraction of sp³-hybridized carbons (Fsp3) is 0.269. The van der Waals surface area contributed by atoms with Gasteiger partial charge in [-0.3, -0.25) is 14.5 Å². The number of phenols is 4. The lowest BCUT2D eigenvalue weighted by molar-refractivity contribution is 0.0233. The Kier molecular flexibility index (Phi) is 6.21. The minimum atomic E-state index is -1.04. The van der Waals surface area contributed by atoms with Crippen LogP contribution in [-0.4, -0.2) is 87.6 Å². The van der Waals surface area contributed by atoms with Crippen molar-refractivity contribution in [1.82, 2.24) is 14.8 Å². The highest BCUT2D eigenvalue weighted by Crippen LogP contribution is 2.36. The summed E-state index contributed by atoms with van der Waals surface area (Å²) in [6.07, 6.45) is 2.23. The molecule has 4 aromatic rings. The third-order valence-corrected chi connectivity index (χ3v) is 6.88. The van der Waals surface area contributed by atoms with E-state index in [0.29, 0.717) is 6.54 Å². The van der Waals surface area contributed by atoms with Gasteiger partial charge in [-0.15, -0.1) is 0 Å². The van der Waals surface area contributed by atoms with E-state index >= 15 is 0 Å². The third-order valence-electron chi connectivity index (χ3n) is 6.88. The van der Waals surface area contributed by atoms with E-state index in [1.165, 1.54) is 6.20 Å². The SMILES string of the molecule is CN1CCN(C)C(COC(=O)c2c(O)c(O)cc3occ(-c4c[nH]c5cc(O)c(O)cc5c4=O)c(=O)c23)C1. The molecule has 2 aromatic heterocycles. The summed E-state index contributed by atoms with van der Waals surface area (Å²) in [5.41, 5.74) is -2.42. The van der Waals surface area contributed by atoms with Gasteiger partial charge in [-0.25, -0.2) is 4.79 Å². The molecule has 1 saturated heterocycles. The Balaban J connectivity index is 1.61. The van der Waals surface area contributed by atoms with E-state index < -0.39 is 45.4 Å². The number of pyridine rings is 1. The summed E-state index contributed by atoms with van der Waals surface area (Å²) < 4.78 is 11.0. The molecule has 38 heavy (non-hydrogen) atoms. The van der Waals surface area contributed by atoms with E-state index in [-0.39, 0.29) is 45.6 Å². The molecule has 0 aliphatic carbocycles. The second kappa shape index (κ2) is 9.39. The molecule has 1 atom stereocenters. The molecule has 5 rings (SSSR count). The molecular formula is C26H25N3O9. The smallest absolute Gasteiger partial charge is 0.343 e. The van der Waals surface area contributed by atoms with Gasteiger partial charge < -0.3 is 39.5 Å². The molecule has 198 valence electrons. The Morgan fingerprint density at radius 1 is 1.03 bits per heavy atom. The first-order valence-corrected chi connectivity index (χ1v) is 11.7. The van der Waals surface area contributed by atoms with E-state index in [0.717, 1.165) is 37.6 Å². The van der Waals surface area contributed by atoms with Crippen molar-refractivity contribution in [3.8, 4) is 34.1 Å². The molecular weight excluding hydrogens is 498 g/mol. The highest BCUT2D eigenvalue weighted by molar-refractivity contribution is 6.07. The van der Waals surface area contributed by atoms with Gasteiger partial charge in [-0.1, -0.05) is 0 Å². The maximum Gasteiger partial charge on any atom is 0.343 e. The van der Waals surface area contributed by atoms with E-state index in [2.05, 4.69) is 9.88 Å². The summed E-state index contributed by atoms with van der Waals surface area (Å²) in [4.78, 5) is 46.8. The predicted octanol–water partition coefficient (Wildman–Crippen LogP) is 1.53. The number of nitrogens with one attached hydrogen (secondary N) is 1. The molecule has 0 radical (unpaired) electrons. The highest BCUT2D eigenvalue weighted by Gasteiger charge is 2.28. The third kappa shape index (κ3) is 4.19. The standard InChI is InChI=1S/C26H25N3O9/c1-28-3-4-29(2)12(9-28)10-38-26(36)22-21-20(7-19(32)25(22)35)37-11-15(24(21)34)14-8-27-16-6-18(31)17(30)5-13(16)23(14)33/h5-8,11-12,30-32,35H,3-4,9-10H2,1-2H3,(H,27,33). The first-order valence-electron chi connectivity index (χ1n) is 11.7. The molecule has 0 spiro atoms. The summed E-state index contributed by atoms with van der Waals surface area (Å²) in [6, 6.07) is 3.08. The van der Waals surface area contributed by atoms with Crippen LogP contribution in [0, 0.1) is 0 Å². The summed E-state index contributed by atoms with van der Waals surface area (Å²) in [6.45, 7) is 2.24. The number of aromatic hydroxyl groups is 4. The van der Waals surface area contributed by atoms with Gasteiger partial charge >= 0.3 is 5.97 Å². The van der Waals surface area contributed by atoms with Crippen LogP contribution in [0.5, 0.6) is 23.0 Å². The molecule has 1 unspecified atom stereocenters. The van der Waals surface area contributed by atoms with Crippen LogP contribution in [0.25, 0.3) is 33.0 Å². The van der Waals surface area contributed by atoms with Gasteiger partial charge in [0.15, 0.2) is 28.4 Å². The summed E-state index contributed by atoms with van der Waals surface area (Å²) >= 11 is 0. The van der Waals surface area contributed by atoms with E-state index in [4.69, 9.17) is 9.15 Å². The Morgan fingerprint density at radius 2 is 1.76 bits per heavy atom.